The number of hydrogen-bond donors (Lipinski definition) is 0. The third kappa shape index (κ3) is 4.32. The van der Waals surface area contributed by atoms with Gasteiger partial charge in [-0.15, -0.1) is 0 Å². The Kier molecular flexibility index (Phi) is 5.57. The summed E-state index contributed by atoms with van der Waals surface area (Å²) >= 11 is 0. The summed E-state index contributed by atoms with van der Waals surface area (Å²) in [4.78, 5) is 4.92. The van der Waals surface area contributed by atoms with Crippen molar-refractivity contribution in [3.05, 3.63) is 59.2 Å². The van der Waals surface area contributed by atoms with E-state index in [1.54, 1.807) is 12.1 Å². The second-order valence-corrected chi connectivity index (χ2v) is 6.54. The molecular formula is C21H25N3O. The van der Waals surface area contributed by atoms with E-state index in [-0.39, 0.29) is 0 Å². The van der Waals surface area contributed by atoms with Gasteiger partial charge in [-0.3, -0.25) is 4.90 Å². The molecule has 1 heterocycles. The van der Waals surface area contributed by atoms with Gasteiger partial charge in [0, 0.05) is 38.4 Å². The molecule has 4 heteroatoms. The van der Waals surface area contributed by atoms with Gasteiger partial charge in [0.25, 0.3) is 0 Å². The van der Waals surface area contributed by atoms with Crippen molar-refractivity contribution in [3.8, 4) is 11.8 Å². The van der Waals surface area contributed by atoms with E-state index in [0.29, 0.717) is 12.2 Å². The van der Waals surface area contributed by atoms with Crippen LogP contribution in [0.5, 0.6) is 5.75 Å². The number of nitrogens with zero attached hydrogens (tertiary/aromatic N) is 3. The third-order valence-electron chi connectivity index (χ3n) is 4.93. The Morgan fingerprint density at radius 2 is 1.80 bits per heavy atom. The number of piperazine rings is 1. The van der Waals surface area contributed by atoms with E-state index in [2.05, 4.69) is 47.9 Å². The van der Waals surface area contributed by atoms with Crippen molar-refractivity contribution in [2.45, 2.75) is 13.8 Å². The molecule has 1 aliphatic heterocycles. The van der Waals surface area contributed by atoms with Crippen LogP contribution in [0.15, 0.2) is 42.5 Å². The molecule has 0 bridgehead atoms. The number of rotatable bonds is 5. The van der Waals surface area contributed by atoms with Gasteiger partial charge >= 0.3 is 0 Å². The highest BCUT2D eigenvalue weighted by molar-refractivity contribution is 5.56. The first-order chi connectivity index (χ1) is 12.2. The SMILES string of the molecule is Cc1cccc(N2CCN(CCOc3cccc(C#N)c3)CC2)c1C. The van der Waals surface area contributed by atoms with E-state index in [1.165, 1.54) is 16.8 Å². The van der Waals surface area contributed by atoms with Crippen molar-refractivity contribution in [1.29, 1.82) is 5.26 Å². The molecule has 1 saturated heterocycles. The first-order valence-electron chi connectivity index (χ1n) is 8.84. The fourth-order valence-electron chi connectivity index (χ4n) is 3.24. The van der Waals surface area contributed by atoms with Crippen molar-refractivity contribution >= 4 is 5.69 Å². The fourth-order valence-corrected chi connectivity index (χ4v) is 3.24. The van der Waals surface area contributed by atoms with E-state index < -0.39 is 0 Å². The fraction of sp³-hybridized carbons (Fsp3) is 0.381. The van der Waals surface area contributed by atoms with Gasteiger partial charge in [0.05, 0.1) is 11.6 Å². The van der Waals surface area contributed by atoms with Crippen molar-refractivity contribution < 1.29 is 4.74 Å². The van der Waals surface area contributed by atoms with Crippen LogP contribution < -0.4 is 9.64 Å². The zero-order chi connectivity index (χ0) is 17.6. The van der Waals surface area contributed by atoms with E-state index >= 15 is 0 Å². The highest BCUT2D eigenvalue weighted by Crippen LogP contribution is 2.23. The van der Waals surface area contributed by atoms with Gasteiger partial charge in [0.2, 0.25) is 0 Å². The molecule has 0 N–H and O–H groups in total. The summed E-state index contributed by atoms with van der Waals surface area (Å²) in [5.74, 6) is 0.771. The minimum atomic E-state index is 0.639. The Morgan fingerprint density at radius 1 is 1.04 bits per heavy atom. The van der Waals surface area contributed by atoms with Crippen molar-refractivity contribution in [1.82, 2.24) is 4.90 Å². The lowest BCUT2D eigenvalue weighted by Crippen LogP contribution is -2.47. The van der Waals surface area contributed by atoms with Crippen molar-refractivity contribution in [3.63, 3.8) is 0 Å². The number of hydrogen-bond acceptors (Lipinski definition) is 4. The summed E-state index contributed by atoms with van der Waals surface area (Å²) in [7, 11) is 0. The third-order valence-corrected chi connectivity index (χ3v) is 4.93. The topological polar surface area (TPSA) is 39.5 Å². The average Bonchev–Trinajstić information content (AvgIpc) is 2.65. The van der Waals surface area contributed by atoms with Crippen LogP contribution in [0.2, 0.25) is 0 Å². The van der Waals surface area contributed by atoms with Crippen LogP contribution in [-0.4, -0.2) is 44.2 Å². The van der Waals surface area contributed by atoms with Crippen LogP contribution in [0, 0.1) is 25.2 Å². The zero-order valence-corrected chi connectivity index (χ0v) is 15.0. The van der Waals surface area contributed by atoms with Crippen LogP contribution in [0.25, 0.3) is 0 Å². The molecule has 130 valence electrons. The van der Waals surface area contributed by atoms with Crippen LogP contribution >= 0.6 is 0 Å². The lowest BCUT2D eigenvalue weighted by Gasteiger charge is -2.37. The van der Waals surface area contributed by atoms with Gasteiger partial charge in [-0.25, -0.2) is 0 Å². The molecule has 0 aliphatic carbocycles. The molecule has 1 aliphatic rings. The number of nitriles is 1. The van der Waals surface area contributed by atoms with Crippen LogP contribution in [0.3, 0.4) is 0 Å². The van der Waals surface area contributed by atoms with Crippen molar-refractivity contribution in [2.75, 3.05) is 44.2 Å². The normalized spacial score (nSPS) is 15.0. The van der Waals surface area contributed by atoms with Crippen LogP contribution in [0.4, 0.5) is 5.69 Å². The highest BCUT2D eigenvalue weighted by Gasteiger charge is 2.18. The molecular weight excluding hydrogens is 310 g/mol. The lowest BCUT2D eigenvalue weighted by molar-refractivity contribution is 0.200. The number of anilines is 1. The minimum Gasteiger partial charge on any atom is -0.492 e. The van der Waals surface area contributed by atoms with Gasteiger partial charge < -0.3 is 9.64 Å². The number of aryl methyl sites for hydroxylation is 1. The Morgan fingerprint density at radius 3 is 2.56 bits per heavy atom. The van der Waals surface area contributed by atoms with Gasteiger partial charge in [-0.05, 0) is 49.2 Å². The largest absolute Gasteiger partial charge is 0.492 e. The Labute approximate surface area is 150 Å². The molecule has 0 radical (unpaired) electrons. The van der Waals surface area contributed by atoms with Gasteiger partial charge in [-0.1, -0.05) is 18.2 Å². The molecule has 4 nitrogen and oxygen atoms in total. The summed E-state index contributed by atoms with van der Waals surface area (Å²) in [6, 6.07) is 16.0. The summed E-state index contributed by atoms with van der Waals surface area (Å²) in [6.07, 6.45) is 0. The van der Waals surface area contributed by atoms with E-state index in [0.717, 1.165) is 38.5 Å². The number of benzene rings is 2. The van der Waals surface area contributed by atoms with E-state index in [1.807, 2.05) is 12.1 Å². The first kappa shape index (κ1) is 17.3. The summed E-state index contributed by atoms with van der Waals surface area (Å²) in [5.41, 5.74) is 4.74. The van der Waals surface area contributed by atoms with Gasteiger partial charge in [-0.2, -0.15) is 5.26 Å². The van der Waals surface area contributed by atoms with E-state index in [4.69, 9.17) is 10.00 Å². The van der Waals surface area contributed by atoms with Crippen molar-refractivity contribution in [2.24, 2.45) is 0 Å². The molecule has 0 unspecified atom stereocenters. The Bertz CT molecular complexity index is 758. The highest BCUT2D eigenvalue weighted by atomic mass is 16.5. The molecule has 3 rings (SSSR count). The molecule has 0 aromatic heterocycles. The average molecular weight is 335 g/mol. The molecule has 25 heavy (non-hydrogen) atoms. The first-order valence-corrected chi connectivity index (χ1v) is 8.84. The lowest BCUT2D eigenvalue weighted by atomic mass is 10.1. The van der Waals surface area contributed by atoms with Crippen LogP contribution in [0.1, 0.15) is 16.7 Å². The molecule has 2 aromatic rings. The smallest absolute Gasteiger partial charge is 0.120 e. The maximum atomic E-state index is 8.93. The second kappa shape index (κ2) is 8.04. The summed E-state index contributed by atoms with van der Waals surface area (Å²) in [6.45, 7) is 10.1. The van der Waals surface area contributed by atoms with Gasteiger partial charge in [0.15, 0.2) is 0 Å². The molecule has 2 aromatic carbocycles. The maximum Gasteiger partial charge on any atom is 0.120 e. The standard InChI is InChI=1S/C21H25N3O/c1-17-5-3-8-21(18(17)2)24-11-9-23(10-12-24)13-14-25-20-7-4-6-19(15-20)16-22/h3-8,15H,9-14H2,1-2H3. The Hall–Kier alpha value is -2.51. The molecule has 0 amide bonds. The quantitative estimate of drug-likeness (QED) is 0.840. The molecule has 0 saturated carbocycles. The predicted molar refractivity (Wildman–Crippen MR) is 101 cm³/mol. The second-order valence-electron chi connectivity index (χ2n) is 6.54. The predicted octanol–water partition coefficient (Wildman–Crippen LogP) is 3.38. The van der Waals surface area contributed by atoms with Crippen LogP contribution in [-0.2, 0) is 0 Å². The monoisotopic (exact) mass is 335 g/mol. The Balaban J connectivity index is 1.46. The number of ether oxygens (including phenoxy) is 1. The minimum absolute atomic E-state index is 0.639. The molecule has 0 atom stereocenters. The summed E-state index contributed by atoms with van der Waals surface area (Å²) in [5, 5.41) is 8.93. The summed E-state index contributed by atoms with van der Waals surface area (Å²) < 4.78 is 5.79. The molecule has 0 spiro atoms. The van der Waals surface area contributed by atoms with Gasteiger partial charge in [0.1, 0.15) is 12.4 Å². The zero-order valence-electron chi connectivity index (χ0n) is 15.0. The molecule has 1 fully saturated rings. The maximum absolute atomic E-state index is 8.93. The van der Waals surface area contributed by atoms with E-state index in [9.17, 15) is 0 Å².